The minimum atomic E-state index is -1.08. The first-order valence-corrected chi connectivity index (χ1v) is 7.75. The van der Waals surface area contributed by atoms with Gasteiger partial charge in [0.2, 0.25) is 0 Å². The molecule has 0 aromatic heterocycles. The third kappa shape index (κ3) is 11.1. The van der Waals surface area contributed by atoms with Crippen molar-refractivity contribution in [1.82, 2.24) is 5.32 Å². The number of aliphatic hydroxyl groups is 2. The largest absolute Gasteiger partial charge is 0.508 e. The number of carbonyl (C=O) groups is 2. The van der Waals surface area contributed by atoms with Gasteiger partial charge in [0.1, 0.15) is 5.75 Å². The lowest BCUT2D eigenvalue weighted by Crippen LogP contribution is -2.38. The first kappa shape index (κ1) is 22.8. The summed E-state index contributed by atoms with van der Waals surface area (Å²) in [5, 5.41) is 47.4. The van der Waals surface area contributed by atoms with Crippen molar-refractivity contribution in [2.24, 2.45) is 0 Å². The molecule has 0 unspecified atom stereocenters. The number of β-amino-alcohol motifs (C(OH)–C–C–N with tert-alkyl or cyclic N) is 1. The molecule has 1 atom stereocenters. The highest BCUT2D eigenvalue weighted by Gasteiger charge is 2.14. The van der Waals surface area contributed by atoms with Crippen LogP contribution in [0.5, 0.6) is 5.75 Å². The number of rotatable bonds is 7. The Kier molecular flexibility index (Phi) is 9.73. The van der Waals surface area contributed by atoms with Gasteiger partial charge in [-0.25, -0.2) is 0 Å². The average Bonchev–Trinajstić information content (AvgIpc) is 2.51. The molecule has 0 radical (unpaired) electrons. The van der Waals surface area contributed by atoms with Crippen molar-refractivity contribution in [3.8, 4) is 5.75 Å². The minimum absolute atomic E-state index is 0.0484. The molecule has 0 aliphatic carbocycles. The number of aliphatic carboxylic acids is 2. The number of aliphatic hydroxyl groups excluding tert-OH is 2. The molecule has 6 N–H and O–H groups in total. The Morgan fingerprint density at radius 1 is 1.12 bits per heavy atom. The Hall–Kier alpha value is -2.16. The molecule has 8 heteroatoms. The van der Waals surface area contributed by atoms with E-state index in [1.165, 1.54) is 6.07 Å². The summed E-state index contributed by atoms with van der Waals surface area (Å²) in [6.07, 6.45) is -1.25. The number of carboxylic acids is 2. The fourth-order valence-corrected chi connectivity index (χ4v) is 1.67. The summed E-state index contributed by atoms with van der Waals surface area (Å²) in [6.45, 7) is 6.26. The molecule has 1 aromatic carbocycles. The van der Waals surface area contributed by atoms with Crippen LogP contribution in [0.3, 0.4) is 0 Å². The van der Waals surface area contributed by atoms with Gasteiger partial charge >= 0.3 is 11.9 Å². The molecule has 25 heavy (non-hydrogen) atoms. The summed E-state index contributed by atoms with van der Waals surface area (Å²) in [5.74, 6) is -2.10. The van der Waals surface area contributed by atoms with E-state index in [1.54, 1.807) is 12.1 Å². The van der Waals surface area contributed by atoms with E-state index in [4.69, 9.17) is 15.3 Å². The summed E-state index contributed by atoms with van der Waals surface area (Å²) in [7, 11) is 0. The predicted molar refractivity (Wildman–Crippen MR) is 91.3 cm³/mol. The van der Waals surface area contributed by atoms with Crippen LogP contribution in [-0.4, -0.2) is 49.6 Å². The quantitative estimate of drug-likeness (QED) is 0.427. The van der Waals surface area contributed by atoms with E-state index >= 15 is 0 Å². The maximum absolute atomic E-state index is 9.97. The van der Waals surface area contributed by atoms with Crippen molar-refractivity contribution >= 4 is 11.9 Å². The van der Waals surface area contributed by atoms with Gasteiger partial charge in [0.25, 0.3) is 0 Å². The van der Waals surface area contributed by atoms with Gasteiger partial charge in [-0.05, 0) is 38.5 Å². The van der Waals surface area contributed by atoms with Crippen LogP contribution in [0.25, 0.3) is 0 Å². The number of benzene rings is 1. The van der Waals surface area contributed by atoms with Crippen LogP contribution in [0.4, 0.5) is 0 Å². The molecule has 0 spiro atoms. The smallest absolute Gasteiger partial charge is 0.303 e. The third-order valence-electron chi connectivity index (χ3n) is 3.04. The number of hydrogen-bond donors (Lipinski definition) is 6. The molecule has 0 saturated heterocycles. The molecular formula is C17H27NO7. The van der Waals surface area contributed by atoms with Gasteiger partial charge in [-0.1, -0.05) is 6.07 Å². The van der Waals surface area contributed by atoms with Crippen LogP contribution in [0.2, 0.25) is 0 Å². The summed E-state index contributed by atoms with van der Waals surface area (Å²) < 4.78 is 0. The molecule has 8 nitrogen and oxygen atoms in total. The van der Waals surface area contributed by atoms with Crippen LogP contribution >= 0.6 is 0 Å². The standard InChI is InChI=1S/C13H21NO3.C4H6O4/c1-13(2,3)14-7-12(17)9-4-5-11(16)10(6-9)8-15;5-3(6)1-2-4(7)8/h4-6,12,14-17H,7-8H2,1-3H3;1-2H2,(H,5,6)(H,7,8)/t12-;/m0./s1. The molecule has 1 aromatic rings. The summed E-state index contributed by atoms with van der Waals surface area (Å²) in [5.41, 5.74) is 1.05. The average molecular weight is 357 g/mol. The molecular weight excluding hydrogens is 330 g/mol. The number of hydrogen-bond acceptors (Lipinski definition) is 6. The number of aromatic hydroxyl groups is 1. The monoisotopic (exact) mass is 357 g/mol. The second-order valence-corrected chi connectivity index (χ2v) is 6.48. The molecule has 0 bridgehead atoms. The van der Waals surface area contributed by atoms with Crippen molar-refractivity contribution in [1.29, 1.82) is 0 Å². The van der Waals surface area contributed by atoms with Crippen LogP contribution in [-0.2, 0) is 16.2 Å². The second kappa shape index (κ2) is 10.7. The van der Waals surface area contributed by atoms with Crippen molar-refractivity contribution in [2.45, 2.75) is 51.9 Å². The zero-order valence-electron chi connectivity index (χ0n) is 14.7. The highest BCUT2D eigenvalue weighted by atomic mass is 16.4. The van der Waals surface area contributed by atoms with Gasteiger partial charge in [0.05, 0.1) is 25.6 Å². The Morgan fingerprint density at radius 2 is 1.64 bits per heavy atom. The van der Waals surface area contributed by atoms with Gasteiger partial charge in [-0.3, -0.25) is 9.59 Å². The zero-order valence-corrected chi connectivity index (χ0v) is 14.7. The summed E-state index contributed by atoms with van der Waals surface area (Å²) in [4.78, 5) is 19.3. The van der Waals surface area contributed by atoms with E-state index in [2.05, 4.69) is 5.32 Å². The van der Waals surface area contributed by atoms with Crippen LogP contribution < -0.4 is 5.32 Å². The summed E-state index contributed by atoms with van der Waals surface area (Å²) in [6, 6.07) is 4.76. The fraction of sp³-hybridized carbons (Fsp3) is 0.529. The van der Waals surface area contributed by atoms with E-state index in [0.29, 0.717) is 17.7 Å². The molecule has 0 aliphatic heterocycles. The van der Waals surface area contributed by atoms with Gasteiger partial charge in [0.15, 0.2) is 0 Å². The van der Waals surface area contributed by atoms with Gasteiger partial charge < -0.3 is 30.8 Å². The van der Waals surface area contributed by atoms with Gasteiger partial charge in [-0.15, -0.1) is 0 Å². The SMILES string of the molecule is CC(C)(C)NC[C@H](O)c1ccc(O)c(CO)c1.O=C(O)CCC(=O)O. The van der Waals surface area contributed by atoms with Crippen LogP contribution in [0.15, 0.2) is 18.2 Å². The lowest BCUT2D eigenvalue weighted by atomic mass is 10.0. The zero-order chi connectivity index (χ0) is 19.6. The van der Waals surface area contributed by atoms with E-state index in [9.17, 15) is 19.8 Å². The highest BCUT2D eigenvalue weighted by molar-refractivity contribution is 5.75. The maximum atomic E-state index is 9.97. The first-order valence-electron chi connectivity index (χ1n) is 7.75. The van der Waals surface area contributed by atoms with Crippen molar-refractivity contribution < 1.29 is 35.1 Å². The first-order chi connectivity index (χ1) is 11.5. The molecule has 0 heterocycles. The molecule has 142 valence electrons. The molecule has 1 rings (SSSR count). The maximum Gasteiger partial charge on any atom is 0.303 e. The number of carboxylic acid groups (broad SMARTS) is 2. The Balaban J connectivity index is 0.000000609. The predicted octanol–water partition coefficient (Wildman–Crippen LogP) is 1.24. The normalized spacial score (nSPS) is 12.0. The second-order valence-electron chi connectivity index (χ2n) is 6.48. The van der Waals surface area contributed by atoms with E-state index in [0.717, 1.165) is 0 Å². The Labute approximate surface area is 146 Å². The van der Waals surface area contributed by atoms with E-state index in [-0.39, 0.29) is 30.7 Å². The fourth-order valence-electron chi connectivity index (χ4n) is 1.67. The molecule has 0 fully saturated rings. The lowest BCUT2D eigenvalue weighted by Gasteiger charge is -2.23. The molecule has 0 aliphatic rings. The topological polar surface area (TPSA) is 147 Å². The molecule has 0 amide bonds. The number of phenols is 1. The van der Waals surface area contributed by atoms with Crippen molar-refractivity contribution in [3.63, 3.8) is 0 Å². The lowest BCUT2D eigenvalue weighted by molar-refractivity contribution is -0.143. The Bertz CT molecular complexity index is 553. The van der Waals surface area contributed by atoms with Crippen molar-refractivity contribution in [2.75, 3.05) is 6.54 Å². The minimum Gasteiger partial charge on any atom is -0.508 e. The van der Waals surface area contributed by atoms with Crippen molar-refractivity contribution in [3.05, 3.63) is 29.3 Å². The van der Waals surface area contributed by atoms with Crippen LogP contribution in [0, 0.1) is 0 Å². The molecule has 0 saturated carbocycles. The van der Waals surface area contributed by atoms with Gasteiger partial charge in [-0.2, -0.15) is 0 Å². The Morgan fingerprint density at radius 3 is 2.04 bits per heavy atom. The highest BCUT2D eigenvalue weighted by Crippen LogP contribution is 2.22. The van der Waals surface area contributed by atoms with E-state index in [1.807, 2.05) is 20.8 Å². The summed E-state index contributed by atoms with van der Waals surface area (Å²) >= 11 is 0. The van der Waals surface area contributed by atoms with E-state index < -0.39 is 18.0 Å². The van der Waals surface area contributed by atoms with Crippen LogP contribution in [0.1, 0.15) is 50.8 Å². The van der Waals surface area contributed by atoms with Gasteiger partial charge in [0, 0.05) is 17.6 Å². The third-order valence-corrected chi connectivity index (χ3v) is 3.04. The number of nitrogens with one attached hydrogen (secondary N) is 1.